The van der Waals surface area contributed by atoms with Crippen molar-refractivity contribution in [2.24, 2.45) is 0 Å². The van der Waals surface area contributed by atoms with Gasteiger partial charge in [0.2, 0.25) is 5.91 Å². The summed E-state index contributed by atoms with van der Waals surface area (Å²) in [7, 11) is 0. The number of piperazine rings is 1. The zero-order chi connectivity index (χ0) is 18.1. The van der Waals surface area contributed by atoms with Gasteiger partial charge < -0.3 is 9.80 Å². The predicted molar refractivity (Wildman–Crippen MR) is 96.8 cm³/mol. The van der Waals surface area contributed by atoms with Crippen LogP contribution in [-0.4, -0.2) is 40.2 Å². The van der Waals surface area contributed by atoms with Crippen LogP contribution < -0.4 is 0 Å². The molecule has 1 saturated heterocycles. The maximum Gasteiger partial charge on any atom is 0.250 e. The Hall–Kier alpha value is -1.91. The number of halogens is 1. The second-order valence-corrected chi connectivity index (χ2v) is 7.95. The molecule has 1 atom stereocenters. The molecule has 0 bridgehead atoms. The fourth-order valence-corrected chi connectivity index (χ4v) is 4.97. The SMILES string of the molecule is O=C1[C@@H](c2ccc(F)cc2)N(C2CCCCC2)C(=O)CN1C1CCCC1. The second-order valence-electron chi connectivity index (χ2n) is 7.95. The molecule has 0 aromatic heterocycles. The molecule has 5 heteroatoms. The third-order valence-corrected chi connectivity index (χ3v) is 6.31. The molecule has 4 nitrogen and oxygen atoms in total. The highest BCUT2D eigenvalue weighted by Gasteiger charge is 2.45. The minimum atomic E-state index is -0.597. The van der Waals surface area contributed by atoms with E-state index in [1.165, 1.54) is 18.6 Å². The van der Waals surface area contributed by atoms with Gasteiger partial charge in [0, 0.05) is 12.1 Å². The van der Waals surface area contributed by atoms with Crippen molar-refractivity contribution >= 4 is 11.8 Å². The Labute approximate surface area is 154 Å². The van der Waals surface area contributed by atoms with E-state index in [9.17, 15) is 14.0 Å². The summed E-state index contributed by atoms with van der Waals surface area (Å²) in [5.74, 6) is -0.244. The molecule has 140 valence electrons. The molecular weight excluding hydrogens is 331 g/mol. The van der Waals surface area contributed by atoms with E-state index in [1.807, 2.05) is 9.80 Å². The summed E-state index contributed by atoms with van der Waals surface area (Å²) in [6.45, 7) is 0.206. The van der Waals surface area contributed by atoms with Crippen LogP contribution in [0.3, 0.4) is 0 Å². The smallest absolute Gasteiger partial charge is 0.250 e. The Morgan fingerprint density at radius 2 is 1.38 bits per heavy atom. The summed E-state index contributed by atoms with van der Waals surface area (Å²) >= 11 is 0. The fraction of sp³-hybridized carbons (Fsp3) is 0.619. The number of carbonyl (C=O) groups excluding carboxylic acids is 2. The predicted octanol–water partition coefficient (Wildman–Crippen LogP) is 3.81. The fourth-order valence-electron chi connectivity index (χ4n) is 4.97. The molecule has 1 aromatic carbocycles. The maximum atomic E-state index is 13.4. The van der Waals surface area contributed by atoms with Gasteiger partial charge in [-0.15, -0.1) is 0 Å². The molecule has 0 unspecified atom stereocenters. The van der Waals surface area contributed by atoms with Crippen molar-refractivity contribution in [3.8, 4) is 0 Å². The summed E-state index contributed by atoms with van der Waals surface area (Å²) in [4.78, 5) is 30.2. The molecule has 1 aromatic rings. The molecule has 2 aliphatic carbocycles. The van der Waals surface area contributed by atoms with Gasteiger partial charge in [0.1, 0.15) is 18.4 Å². The van der Waals surface area contributed by atoms with Gasteiger partial charge in [-0.1, -0.05) is 44.2 Å². The topological polar surface area (TPSA) is 40.6 Å². The lowest BCUT2D eigenvalue weighted by molar-refractivity contribution is -0.162. The first-order chi connectivity index (χ1) is 12.6. The first-order valence-corrected chi connectivity index (χ1v) is 10.0. The lowest BCUT2D eigenvalue weighted by atomic mass is 9.90. The Balaban J connectivity index is 1.68. The minimum absolute atomic E-state index is 0.0219. The number of rotatable bonds is 3. The Bertz CT molecular complexity index is 663. The zero-order valence-corrected chi connectivity index (χ0v) is 15.2. The molecule has 2 saturated carbocycles. The molecule has 1 aliphatic heterocycles. The standard InChI is InChI=1S/C21H27FN2O2/c22-16-12-10-15(11-13-16)20-21(26)23(17-6-4-5-7-17)14-19(25)24(20)18-8-2-1-3-9-18/h10-13,17-18,20H,1-9,14H2/t20-/m1/s1. The van der Waals surface area contributed by atoms with Crippen molar-refractivity contribution in [2.75, 3.05) is 6.54 Å². The molecule has 1 heterocycles. The number of benzene rings is 1. The third-order valence-electron chi connectivity index (χ3n) is 6.31. The molecule has 0 radical (unpaired) electrons. The van der Waals surface area contributed by atoms with Crippen LogP contribution >= 0.6 is 0 Å². The van der Waals surface area contributed by atoms with E-state index in [4.69, 9.17) is 0 Å². The highest BCUT2D eigenvalue weighted by Crippen LogP contribution is 2.37. The van der Waals surface area contributed by atoms with Crippen LogP contribution in [0.15, 0.2) is 24.3 Å². The van der Waals surface area contributed by atoms with E-state index in [2.05, 4.69) is 0 Å². The summed E-state index contributed by atoms with van der Waals surface area (Å²) in [5.41, 5.74) is 0.734. The molecule has 2 amide bonds. The Morgan fingerprint density at radius 1 is 0.808 bits per heavy atom. The highest BCUT2D eigenvalue weighted by molar-refractivity contribution is 5.96. The summed E-state index contributed by atoms with van der Waals surface area (Å²) in [6, 6.07) is 5.82. The number of nitrogens with zero attached hydrogens (tertiary/aromatic N) is 2. The summed E-state index contributed by atoms with van der Waals surface area (Å²) in [5, 5.41) is 0. The average molecular weight is 358 g/mol. The lowest BCUT2D eigenvalue weighted by Crippen LogP contribution is -2.60. The van der Waals surface area contributed by atoms with Crippen molar-refractivity contribution in [3.63, 3.8) is 0 Å². The molecule has 3 aliphatic rings. The van der Waals surface area contributed by atoms with Crippen LogP contribution in [0.5, 0.6) is 0 Å². The minimum Gasteiger partial charge on any atom is -0.328 e. The van der Waals surface area contributed by atoms with Crippen LogP contribution in [0, 0.1) is 5.82 Å². The number of hydrogen-bond acceptors (Lipinski definition) is 2. The second kappa shape index (κ2) is 7.37. The van der Waals surface area contributed by atoms with Crippen LogP contribution in [0.25, 0.3) is 0 Å². The number of carbonyl (C=O) groups is 2. The van der Waals surface area contributed by atoms with E-state index >= 15 is 0 Å². The van der Waals surface area contributed by atoms with E-state index in [0.717, 1.165) is 56.9 Å². The van der Waals surface area contributed by atoms with Gasteiger partial charge >= 0.3 is 0 Å². The first kappa shape index (κ1) is 17.5. The Morgan fingerprint density at radius 3 is 2.04 bits per heavy atom. The zero-order valence-electron chi connectivity index (χ0n) is 15.2. The lowest BCUT2D eigenvalue weighted by Gasteiger charge is -2.47. The van der Waals surface area contributed by atoms with Crippen molar-refractivity contribution < 1.29 is 14.0 Å². The van der Waals surface area contributed by atoms with Crippen LogP contribution in [0.2, 0.25) is 0 Å². The van der Waals surface area contributed by atoms with E-state index in [0.29, 0.717) is 0 Å². The van der Waals surface area contributed by atoms with E-state index < -0.39 is 6.04 Å². The van der Waals surface area contributed by atoms with Gasteiger partial charge in [-0.05, 0) is 43.4 Å². The number of amides is 2. The number of hydrogen-bond donors (Lipinski definition) is 0. The molecule has 26 heavy (non-hydrogen) atoms. The van der Waals surface area contributed by atoms with Gasteiger partial charge in [-0.3, -0.25) is 9.59 Å². The van der Waals surface area contributed by atoms with Crippen LogP contribution in [0.4, 0.5) is 4.39 Å². The largest absolute Gasteiger partial charge is 0.328 e. The maximum absolute atomic E-state index is 13.4. The van der Waals surface area contributed by atoms with Gasteiger partial charge in [-0.2, -0.15) is 0 Å². The highest BCUT2D eigenvalue weighted by atomic mass is 19.1. The van der Waals surface area contributed by atoms with Gasteiger partial charge in [0.25, 0.3) is 5.91 Å². The quantitative estimate of drug-likeness (QED) is 0.824. The van der Waals surface area contributed by atoms with Crippen molar-refractivity contribution in [1.29, 1.82) is 0 Å². The van der Waals surface area contributed by atoms with Gasteiger partial charge in [0.05, 0.1) is 0 Å². The van der Waals surface area contributed by atoms with Crippen LogP contribution in [-0.2, 0) is 9.59 Å². The van der Waals surface area contributed by atoms with E-state index in [1.54, 1.807) is 12.1 Å². The molecule has 3 fully saturated rings. The molecule has 0 spiro atoms. The molecular formula is C21H27FN2O2. The molecule has 0 N–H and O–H groups in total. The summed E-state index contributed by atoms with van der Waals surface area (Å²) in [6.07, 6.45) is 9.53. The first-order valence-electron chi connectivity index (χ1n) is 10.0. The van der Waals surface area contributed by atoms with Gasteiger partial charge in [-0.25, -0.2) is 4.39 Å². The third kappa shape index (κ3) is 3.24. The van der Waals surface area contributed by atoms with Crippen molar-refractivity contribution in [3.05, 3.63) is 35.6 Å². The normalized spacial score (nSPS) is 26.0. The van der Waals surface area contributed by atoms with Crippen molar-refractivity contribution in [1.82, 2.24) is 9.80 Å². The molecule has 4 rings (SSSR count). The Kier molecular flexibility index (Phi) is 4.96. The van der Waals surface area contributed by atoms with Crippen molar-refractivity contribution in [2.45, 2.75) is 75.9 Å². The average Bonchev–Trinajstić information content (AvgIpc) is 3.19. The monoisotopic (exact) mass is 358 g/mol. The summed E-state index contributed by atoms with van der Waals surface area (Å²) < 4.78 is 13.4. The van der Waals surface area contributed by atoms with E-state index in [-0.39, 0.29) is 36.3 Å². The van der Waals surface area contributed by atoms with Gasteiger partial charge in [0.15, 0.2) is 0 Å². The van der Waals surface area contributed by atoms with Crippen LogP contribution in [0.1, 0.15) is 69.4 Å².